The van der Waals surface area contributed by atoms with Crippen molar-refractivity contribution in [3.8, 4) is 5.75 Å². The number of aryl methyl sites for hydroxylation is 1. The van der Waals surface area contributed by atoms with Gasteiger partial charge in [0.2, 0.25) is 0 Å². The molecule has 0 aliphatic carbocycles. The summed E-state index contributed by atoms with van der Waals surface area (Å²) < 4.78 is 20.4. The quantitative estimate of drug-likeness (QED) is 0.304. The molecule has 0 atom stereocenters. The van der Waals surface area contributed by atoms with Gasteiger partial charge in [0.15, 0.2) is 0 Å². The Morgan fingerprint density at radius 1 is 1.00 bits per heavy atom. The summed E-state index contributed by atoms with van der Waals surface area (Å²) in [6.07, 6.45) is 0. The van der Waals surface area contributed by atoms with Crippen LogP contribution in [0, 0.1) is 19.7 Å². The zero-order valence-corrected chi connectivity index (χ0v) is 20.1. The van der Waals surface area contributed by atoms with Crippen LogP contribution in [0.15, 0.2) is 66.7 Å². The third-order valence-corrected chi connectivity index (χ3v) is 6.13. The maximum absolute atomic E-state index is 13.0. The third-order valence-electron chi connectivity index (χ3n) is 5.42. The molecule has 0 aliphatic rings. The third kappa shape index (κ3) is 5.41. The predicted molar refractivity (Wildman–Crippen MR) is 132 cm³/mol. The number of nitrogens with zero attached hydrogens (tertiary/aromatic N) is 2. The Bertz CT molecular complexity index is 1300. The minimum absolute atomic E-state index is 0.243. The van der Waals surface area contributed by atoms with Gasteiger partial charge in [-0.1, -0.05) is 41.4 Å². The molecule has 0 radical (unpaired) electrons. The molecule has 0 saturated carbocycles. The lowest BCUT2D eigenvalue weighted by atomic mass is 10.1. The average Bonchev–Trinajstić information content (AvgIpc) is 3.09. The fourth-order valence-electron chi connectivity index (χ4n) is 3.50. The zero-order chi connectivity index (χ0) is 24.2. The Kier molecular flexibility index (Phi) is 7.20. The Balaban J connectivity index is 1.43. The van der Waals surface area contributed by atoms with E-state index in [9.17, 15) is 9.18 Å². The van der Waals surface area contributed by atoms with Gasteiger partial charge in [-0.25, -0.2) is 4.39 Å². The fourth-order valence-corrected chi connectivity index (χ4v) is 4.02. The molecule has 0 saturated heterocycles. The number of aromatic nitrogens is 2. The number of amides is 1. The Morgan fingerprint density at radius 2 is 1.65 bits per heavy atom. The van der Waals surface area contributed by atoms with Crippen molar-refractivity contribution in [3.05, 3.63) is 111 Å². The van der Waals surface area contributed by atoms with Crippen molar-refractivity contribution in [2.24, 2.45) is 0 Å². The van der Waals surface area contributed by atoms with E-state index in [1.54, 1.807) is 47.1 Å². The first-order valence-corrected chi connectivity index (χ1v) is 11.3. The van der Waals surface area contributed by atoms with E-state index in [0.29, 0.717) is 45.9 Å². The van der Waals surface area contributed by atoms with Crippen molar-refractivity contribution in [3.63, 3.8) is 0 Å². The summed E-state index contributed by atoms with van der Waals surface area (Å²) in [5, 5.41) is 8.64. The molecule has 1 amide bonds. The SMILES string of the molecule is Cc1nn(Cc2c(Cl)cccc2Cl)c(C)c1NC(=O)c1ccc(COc2ccc(F)cc2)cc1. The molecule has 34 heavy (non-hydrogen) atoms. The topological polar surface area (TPSA) is 56.2 Å². The molecule has 0 fully saturated rings. The highest BCUT2D eigenvalue weighted by Gasteiger charge is 2.17. The van der Waals surface area contributed by atoms with E-state index in [2.05, 4.69) is 10.4 Å². The van der Waals surface area contributed by atoms with Gasteiger partial charge in [-0.05, 0) is 67.9 Å². The van der Waals surface area contributed by atoms with Crippen molar-refractivity contribution < 1.29 is 13.9 Å². The van der Waals surface area contributed by atoms with Crippen molar-refractivity contribution in [2.45, 2.75) is 27.0 Å². The summed E-state index contributed by atoms with van der Waals surface area (Å²) in [5.41, 5.74) is 4.30. The minimum Gasteiger partial charge on any atom is -0.489 e. The van der Waals surface area contributed by atoms with E-state index in [1.165, 1.54) is 12.1 Å². The summed E-state index contributed by atoms with van der Waals surface area (Å²) in [5.74, 6) is 0.0168. The highest BCUT2D eigenvalue weighted by atomic mass is 35.5. The Morgan fingerprint density at radius 3 is 2.29 bits per heavy atom. The predicted octanol–water partition coefficient (Wildman–Crippen LogP) is 6.83. The largest absolute Gasteiger partial charge is 0.489 e. The molecule has 5 nitrogen and oxygen atoms in total. The van der Waals surface area contributed by atoms with E-state index in [1.807, 2.05) is 26.0 Å². The molecular formula is C26H22Cl2FN3O2. The molecule has 1 aromatic heterocycles. The first-order chi connectivity index (χ1) is 16.3. The van der Waals surface area contributed by atoms with Crippen LogP contribution in [0.5, 0.6) is 5.75 Å². The fraction of sp³-hybridized carbons (Fsp3) is 0.154. The van der Waals surface area contributed by atoms with Gasteiger partial charge >= 0.3 is 0 Å². The normalized spacial score (nSPS) is 10.9. The molecule has 174 valence electrons. The maximum atomic E-state index is 13.0. The van der Waals surface area contributed by atoms with Crippen molar-refractivity contribution >= 4 is 34.8 Å². The molecule has 0 unspecified atom stereocenters. The molecule has 4 aromatic rings. The number of hydrogen-bond acceptors (Lipinski definition) is 3. The maximum Gasteiger partial charge on any atom is 0.255 e. The first kappa shape index (κ1) is 23.8. The number of carbonyl (C=O) groups is 1. The second-order valence-corrected chi connectivity index (χ2v) is 8.61. The lowest BCUT2D eigenvalue weighted by molar-refractivity contribution is 0.102. The lowest BCUT2D eigenvalue weighted by Crippen LogP contribution is -2.13. The summed E-state index contributed by atoms with van der Waals surface area (Å²) in [7, 11) is 0. The summed E-state index contributed by atoms with van der Waals surface area (Å²) in [6.45, 7) is 4.42. The summed E-state index contributed by atoms with van der Waals surface area (Å²) in [4.78, 5) is 12.9. The Hall–Kier alpha value is -3.35. The highest BCUT2D eigenvalue weighted by Crippen LogP contribution is 2.28. The number of benzene rings is 3. The van der Waals surface area contributed by atoms with Gasteiger partial charge in [-0.15, -0.1) is 0 Å². The highest BCUT2D eigenvalue weighted by molar-refractivity contribution is 6.36. The zero-order valence-electron chi connectivity index (χ0n) is 18.6. The van der Waals surface area contributed by atoms with Crippen LogP contribution in [0.1, 0.15) is 32.9 Å². The van der Waals surface area contributed by atoms with Crippen LogP contribution >= 0.6 is 23.2 Å². The van der Waals surface area contributed by atoms with Crippen LogP contribution < -0.4 is 10.1 Å². The number of rotatable bonds is 7. The van der Waals surface area contributed by atoms with E-state index in [4.69, 9.17) is 27.9 Å². The second kappa shape index (κ2) is 10.3. The molecule has 0 aliphatic heterocycles. The smallest absolute Gasteiger partial charge is 0.255 e. The first-order valence-electron chi connectivity index (χ1n) is 10.6. The molecule has 0 bridgehead atoms. The number of nitrogens with one attached hydrogen (secondary N) is 1. The van der Waals surface area contributed by atoms with E-state index in [0.717, 1.165) is 16.8 Å². The van der Waals surface area contributed by atoms with Crippen molar-refractivity contribution in [2.75, 3.05) is 5.32 Å². The van der Waals surface area contributed by atoms with Crippen molar-refractivity contribution in [1.82, 2.24) is 9.78 Å². The summed E-state index contributed by atoms with van der Waals surface area (Å²) >= 11 is 12.6. The monoisotopic (exact) mass is 497 g/mol. The van der Waals surface area contributed by atoms with Crippen molar-refractivity contribution in [1.29, 1.82) is 0 Å². The van der Waals surface area contributed by atoms with E-state index >= 15 is 0 Å². The van der Waals surface area contributed by atoms with Gasteiger partial charge in [0.25, 0.3) is 5.91 Å². The van der Waals surface area contributed by atoms with Crippen LogP contribution in [0.2, 0.25) is 10.0 Å². The number of halogens is 3. The van der Waals surface area contributed by atoms with E-state index < -0.39 is 0 Å². The second-order valence-electron chi connectivity index (χ2n) is 7.80. The van der Waals surface area contributed by atoms with Gasteiger partial charge in [-0.2, -0.15) is 5.10 Å². The van der Waals surface area contributed by atoms with Crippen LogP contribution in [0.4, 0.5) is 10.1 Å². The lowest BCUT2D eigenvalue weighted by Gasteiger charge is -2.10. The van der Waals surface area contributed by atoms with Gasteiger partial charge in [0.1, 0.15) is 18.2 Å². The van der Waals surface area contributed by atoms with Crippen LogP contribution in [-0.2, 0) is 13.2 Å². The molecule has 4 rings (SSSR count). The van der Waals surface area contributed by atoms with Gasteiger partial charge in [0.05, 0.1) is 23.6 Å². The van der Waals surface area contributed by atoms with Gasteiger partial charge in [-0.3, -0.25) is 9.48 Å². The van der Waals surface area contributed by atoms with Crippen LogP contribution in [-0.4, -0.2) is 15.7 Å². The molecule has 3 aromatic carbocycles. The standard InChI is InChI=1S/C26H22Cl2FN3O2/c1-16-25(17(2)32(31-16)14-22-23(27)4-3-5-24(22)28)30-26(33)19-8-6-18(7-9-19)15-34-21-12-10-20(29)11-13-21/h3-13H,14-15H2,1-2H3,(H,30,33). The number of ether oxygens (including phenoxy) is 1. The minimum atomic E-state index is -0.314. The number of carbonyl (C=O) groups excluding carboxylic acids is 1. The van der Waals surface area contributed by atoms with Crippen LogP contribution in [0.25, 0.3) is 0 Å². The average molecular weight is 498 g/mol. The molecule has 0 spiro atoms. The summed E-state index contributed by atoms with van der Waals surface area (Å²) in [6, 6.07) is 18.3. The molecule has 1 heterocycles. The molecule has 8 heteroatoms. The molecular weight excluding hydrogens is 476 g/mol. The van der Waals surface area contributed by atoms with Gasteiger partial charge < -0.3 is 10.1 Å². The number of anilines is 1. The van der Waals surface area contributed by atoms with Gasteiger partial charge in [0, 0.05) is 21.2 Å². The van der Waals surface area contributed by atoms with E-state index in [-0.39, 0.29) is 11.7 Å². The van der Waals surface area contributed by atoms with Crippen LogP contribution in [0.3, 0.4) is 0 Å². The number of hydrogen-bond donors (Lipinski definition) is 1. The Labute approximate surface area is 207 Å². The molecule has 1 N–H and O–H groups in total.